The van der Waals surface area contributed by atoms with Crippen LogP contribution in [0.1, 0.15) is 44.1 Å². The third-order valence-corrected chi connectivity index (χ3v) is 4.58. The van der Waals surface area contributed by atoms with Crippen molar-refractivity contribution in [2.75, 3.05) is 0 Å². The van der Waals surface area contributed by atoms with E-state index in [1.807, 2.05) is 0 Å². The van der Waals surface area contributed by atoms with Crippen LogP contribution in [0.4, 0.5) is 0 Å². The highest BCUT2D eigenvalue weighted by atomic mass is 14.7. The van der Waals surface area contributed by atoms with Crippen LogP contribution in [0.2, 0.25) is 0 Å². The highest BCUT2D eigenvalue weighted by Crippen LogP contribution is 2.38. The van der Waals surface area contributed by atoms with Crippen molar-refractivity contribution in [3.05, 3.63) is 72.8 Å². The SMILES string of the molecule is C=CC(CCCCC)c1c(-c2ccccc2)[nH]c2ccccc12. The van der Waals surface area contributed by atoms with Crippen LogP contribution in [-0.2, 0) is 0 Å². The smallest absolute Gasteiger partial charge is 0.0503 e. The lowest BCUT2D eigenvalue weighted by Gasteiger charge is -2.15. The largest absolute Gasteiger partial charge is 0.354 e. The van der Waals surface area contributed by atoms with Gasteiger partial charge >= 0.3 is 0 Å². The van der Waals surface area contributed by atoms with Crippen LogP contribution in [0, 0.1) is 0 Å². The Labute approximate surface area is 139 Å². The summed E-state index contributed by atoms with van der Waals surface area (Å²) in [6.07, 6.45) is 7.08. The Kier molecular flexibility index (Phi) is 4.97. The average Bonchev–Trinajstić information content (AvgIpc) is 2.99. The van der Waals surface area contributed by atoms with Gasteiger partial charge in [-0.1, -0.05) is 80.8 Å². The molecule has 118 valence electrons. The molecule has 2 aromatic carbocycles. The molecule has 0 fully saturated rings. The number of aromatic nitrogens is 1. The van der Waals surface area contributed by atoms with E-state index in [1.165, 1.54) is 53.4 Å². The third-order valence-electron chi connectivity index (χ3n) is 4.58. The first-order chi connectivity index (χ1) is 11.3. The number of para-hydroxylation sites is 1. The zero-order chi connectivity index (χ0) is 16.1. The van der Waals surface area contributed by atoms with E-state index in [0.29, 0.717) is 5.92 Å². The van der Waals surface area contributed by atoms with E-state index in [-0.39, 0.29) is 0 Å². The number of aromatic amines is 1. The quantitative estimate of drug-likeness (QED) is 0.370. The molecule has 0 amide bonds. The van der Waals surface area contributed by atoms with Gasteiger partial charge in [-0.05, 0) is 23.6 Å². The summed E-state index contributed by atoms with van der Waals surface area (Å²) in [4.78, 5) is 3.64. The second-order valence-corrected chi connectivity index (χ2v) is 6.16. The molecule has 1 heteroatoms. The van der Waals surface area contributed by atoms with Gasteiger partial charge in [-0.15, -0.1) is 6.58 Å². The molecule has 1 N–H and O–H groups in total. The van der Waals surface area contributed by atoms with Crippen LogP contribution in [0.3, 0.4) is 0 Å². The molecule has 0 spiro atoms. The maximum atomic E-state index is 4.12. The second kappa shape index (κ2) is 7.32. The zero-order valence-electron chi connectivity index (χ0n) is 13.9. The molecule has 1 atom stereocenters. The van der Waals surface area contributed by atoms with Gasteiger partial charge in [0, 0.05) is 16.8 Å². The number of nitrogens with one attached hydrogen (secondary N) is 1. The number of hydrogen-bond acceptors (Lipinski definition) is 0. The summed E-state index contributed by atoms with van der Waals surface area (Å²) in [7, 11) is 0. The summed E-state index contributed by atoms with van der Waals surface area (Å²) in [6.45, 7) is 6.38. The summed E-state index contributed by atoms with van der Waals surface area (Å²) in [5, 5.41) is 1.33. The minimum atomic E-state index is 0.396. The number of fused-ring (bicyclic) bond motifs is 1. The van der Waals surface area contributed by atoms with Crippen LogP contribution in [0.5, 0.6) is 0 Å². The Balaban J connectivity index is 2.10. The molecule has 1 aromatic heterocycles. The lowest BCUT2D eigenvalue weighted by Crippen LogP contribution is -1.97. The molecule has 3 rings (SSSR count). The molecular formula is C22H25N. The Morgan fingerprint density at radius 3 is 2.48 bits per heavy atom. The van der Waals surface area contributed by atoms with E-state index in [9.17, 15) is 0 Å². The van der Waals surface area contributed by atoms with Crippen LogP contribution in [0.15, 0.2) is 67.3 Å². The Bertz CT molecular complexity index is 767. The summed E-state index contributed by atoms with van der Waals surface area (Å²) in [6, 6.07) is 19.2. The fraction of sp³-hybridized carbons (Fsp3) is 0.273. The Morgan fingerprint density at radius 2 is 1.74 bits per heavy atom. The van der Waals surface area contributed by atoms with E-state index in [1.54, 1.807) is 0 Å². The van der Waals surface area contributed by atoms with Crippen molar-refractivity contribution in [2.24, 2.45) is 0 Å². The van der Waals surface area contributed by atoms with Gasteiger partial charge in [0.15, 0.2) is 0 Å². The monoisotopic (exact) mass is 303 g/mol. The van der Waals surface area contributed by atoms with E-state index >= 15 is 0 Å². The number of unbranched alkanes of at least 4 members (excludes halogenated alkanes) is 2. The van der Waals surface area contributed by atoms with Crippen LogP contribution in [0.25, 0.3) is 22.2 Å². The molecular weight excluding hydrogens is 278 g/mol. The average molecular weight is 303 g/mol. The zero-order valence-corrected chi connectivity index (χ0v) is 13.9. The van der Waals surface area contributed by atoms with Crippen molar-refractivity contribution < 1.29 is 0 Å². The third kappa shape index (κ3) is 3.24. The highest BCUT2D eigenvalue weighted by Gasteiger charge is 2.19. The molecule has 23 heavy (non-hydrogen) atoms. The Morgan fingerprint density at radius 1 is 1.00 bits per heavy atom. The normalized spacial score (nSPS) is 12.4. The summed E-state index contributed by atoms with van der Waals surface area (Å²) >= 11 is 0. The van der Waals surface area contributed by atoms with Crippen molar-refractivity contribution in [2.45, 2.75) is 38.5 Å². The van der Waals surface area contributed by atoms with Gasteiger partial charge in [-0.3, -0.25) is 0 Å². The molecule has 3 aromatic rings. The molecule has 1 heterocycles. The Hall–Kier alpha value is -2.28. The standard InChI is InChI=1S/C22H25N/c1-3-5-7-12-17(4-2)21-19-15-10-11-16-20(19)23-22(21)18-13-8-6-9-14-18/h4,6,8-11,13-17,23H,2-3,5,7,12H2,1H3. The van der Waals surface area contributed by atoms with Crippen molar-refractivity contribution in [3.63, 3.8) is 0 Å². The van der Waals surface area contributed by atoms with Gasteiger partial charge in [-0.2, -0.15) is 0 Å². The summed E-state index contributed by atoms with van der Waals surface area (Å²) in [5.74, 6) is 0.396. The summed E-state index contributed by atoms with van der Waals surface area (Å²) in [5.41, 5.74) is 5.11. The van der Waals surface area contributed by atoms with Crippen molar-refractivity contribution >= 4 is 10.9 Å². The van der Waals surface area contributed by atoms with Crippen molar-refractivity contribution in [3.8, 4) is 11.3 Å². The molecule has 0 saturated heterocycles. The molecule has 0 bridgehead atoms. The van der Waals surface area contributed by atoms with Crippen molar-refractivity contribution in [1.82, 2.24) is 4.98 Å². The number of H-pyrrole nitrogens is 1. The molecule has 1 unspecified atom stereocenters. The highest BCUT2D eigenvalue weighted by molar-refractivity contribution is 5.91. The molecule has 1 nitrogen and oxygen atoms in total. The fourth-order valence-corrected chi connectivity index (χ4v) is 3.38. The van der Waals surface area contributed by atoms with Gasteiger partial charge < -0.3 is 4.98 Å². The van der Waals surface area contributed by atoms with Gasteiger partial charge in [0.1, 0.15) is 0 Å². The predicted molar refractivity (Wildman–Crippen MR) is 101 cm³/mol. The molecule has 0 saturated carbocycles. The first-order valence-corrected chi connectivity index (χ1v) is 8.63. The predicted octanol–water partition coefficient (Wildman–Crippen LogP) is 6.68. The van der Waals surface area contributed by atoms with E-state index in [0.717, 1.165) is 0 Å². The van der Waals surface area contributed by atoms with E-state index < -0.39 is 0 Å². The van der Waals surface area contributed by atoms with Gasteiger partial charge in [0.2, 0.25) is 0 Å². The van der Waals surface area contributed by atoms with Crippen molar-refractivity contribution in [1.29, 1.82) is 0 Å². The van der Waals surface area contributed by atoms with E-state index in [2.05, 4.69) is 79.2 Å². The van der Waals surface area contributed by atoms with Gasteiger partial charge in [0.05, 0.1) is 5.69 Å². The summed E-state index contributed by atoms with van der Waals surface area (Å²) < 4.78 is 0. The maximum Gasteiger partial charge on any atom is 0.0503 e. The molecule has 0 radical (unpaired) electrons. The molecule has 0 aliphatic carbocycles. The van der Waals surface area contributed by atoms with Crippen LogP contribution >= 0.6 is 0 Å². The minimum Gasteiger partial charge on any atom is -0.354 e. The lowest BCUT2D eigenvalue weighted by atomic mass is 9.89. The first-order valence-electron chi connectivity index (χ1n) is 8.63. The molecule has 0 aliphatic rings. The van der Waals surface area contributed by atoms with Gasteiger partial charge in [0.25, 0.3) is 0 Å². The number of benzene rings is 2. The lowest BCUT2D eigenvalue weighted by molar-refractivity contribution is 0.632. The number of hydrogen-bond donors (Lipinski definition) is 1. The topological polar surface area (TPSA) is 15.8 Å². The minimum absolute atomic E-state index is 0.396. The molecule has 0 aliphatic heterocycles. The van der Waals surface area contributed by atoms with Crippen LogP contribution < -0.4 is 0 Å². The first kappa shape index (κ1) is 15.6. The number of allylic oxidation sites excluding steroid dienone is 1. The van der Waals surface area contributed by atoms with E-state index in [4.69, 9.17) is 0 Å². The number of rotatable bonds is 7. The second-order valence-electron chi connectivity index (χ2n) is 6.16. The maximum absolute atomic E-state index is 4.12. The van der Waals surface area contributed by atoms with Gasteiger partial charge in [-0.25, -0.2) is 0 Å². The van der Waals surface area contributed by atoms with Crippen LogP contribution in [-0.4, -0.2) is 4.98 Å². The fourth-order valence-electron chi connectivity index (χ4n) is 3.38.